The summed E-state index contributed by atoms with van der Waals surface area (Å²) >= 11 is 1.30. The second-order valence-corrected chi connectivity index (χ2v) is 7.24. The lowest BCUT2D eigenvalue weighted by atomic mass is 10.2. The number of nitrogens with one attached hydrogen (secondary N) is 2. The molecule has 6 nitrogen and oxygen atoms in total. The second-order valence-electron chi connectivity index (χ2n) is 6.22. The number of benzene rings is 3. The molecule has 0 saturated heterocycles. The summed E-state index contributed by atoms with van der Waals surface area (Å²) in [4.78, 5) is 25.8. The highest BCUT2D eigenvalue weighted by atomic mass is 32.2. The molecule has 2 amide bonds. The number of rotatable bonds is 8. The van der Waals surface area contributed by atoms with Crippen LogP contribution in [0.15, 0.2) is 77.7 Å². The number of para-hydroxylation sites is 1. The van der Waals surface area contributed by atoms with Crippen molar-refractivity contribution in [1.29, 1.82) is 0 Å². The molecule has 0 atom stereocenters. The quantitative estimate of drug-likeness (QED) is 0.515. The minimum atomic E-state index is -0.218. The van der Waals surface area contributed by atoms with Crippen LogP contribution in [0.2, 0.25) is 0 Å². The van der Waals surface area contributed by atoms with Gasteiger partial charge in [0.1, 0.15) is 0 Å². The number of hydrogen-bond donors (Lipinski definition) is 2. The maximum atomic E-state index is 12.7. The Hall–Kier alpha value is -3.45. The van der Waals surface area contributed by atoms with Gasteiger partial charge in [0.15, 0.2) is 11.5 Å². The molecule has 3 aromatic carbocycles. The van der Waals surface area contributed by atoms with E-state index >= 15 is 0 Å². The van der Waals surface area contributed by atoms with Gasteiger partial charge in [0, 0.05) is 22.3 Å². The summed E-state index contributed by atoms with van der Waals surface area (Å²) in [6.45, 7) is 0. The molecule has 0 aromatic heterocycles. The molecule has 0 fully saturated rings. The van der Waals surface area contributed by atoms with Crippen LogP contribution in [0.25, 0.3) is 0 Å². The Bertz CT molecular complexity index is 1020. The predicted octanol–water partition coefficient (Wildman–Crippen LogP) is 4.69. The lowest BCUT2D eigenvalue weighted by Crippen LogP contribution is -2.16. The monoisotopic (exact) mass is 422 g/mol. The summed E-state index contributed by atoms with van der Waals surface area (Å²) in [5.74, 6) is 0.869. The van der Waals surface area contributed by atoms with Crippen LogP contribution in [0.5, 0.6) is 11.5 Å². The van der Waals surface area contributed by atoms with Gasteiger partial charge in [-0.05, 0) is 36.4 Å². The van der Waals surface area contributed by atoms with E-state index in [1.807, 2.05) is 42.5 Å². The van der Waals surface area contributed by atoms with Gasteiger partial charge in [-0.2, -0.15) is 0 Å². The van der Waals surface area contributed by atoms with Crippen molar-refractivity contribution in [1.82, 2.24) is 0 Å². The van der Waals surface area contributed by atoms with Crippen LogP contribution < -0.4 is 20.1 Å². The molecule has 7 heteroatoms. The van der Waals surface area contributed by atoms with E-state index in [0.29, 0.717) is 28.4 Å². The summed E-state index contributed by atoms with van der Waals surface area (Å²) in [5.41, 5.74) is 1.84. The third-order valence-electron chi connectivity index (χ3n) is 4.19. The molecule has 0 aliphatic heterocycles. The first-order chi connectivity index (χ1) is 14.6. The van der Waals surface area contributed by atoms with Gasteiger partial charge in [0.05, 0.1) is 25.5 Å². The molecule has 2 N–H and O–H groups in total. The van der Waals surface area contributed by atoms with E-state index in [4.69, 9.17) is 9.47 Å². The minimum Gasteiger partial charge on any atom is -0.493 e. The fourth-order valence-corrected chi connectivity index (χ4v) is 3.60. The average Bonchev–Trinajstić information content (AvgIpc) is 2.78. The Morgan fingerprint density at radius 3 is 2.23 bits per heavy atom. The van der Waals surface area contributed by atoms with Crippen LogP contribution in [0.1, 0.15) is 10.4 Å². The zero-order valence-corrected chi connectivity index (χ0v) is 17.5. The van der Waals surface area contributed by atoms with E-state index in [-0.39, 0.29) is 17.6 Å². The van der Waals surface area contributed by atoms with Gasteiger partial charge in [-0.1, -0.05) is 30.3 Å². The standard InChI is InChI=1S/C23H22N2O4S/c1-28-19-13-12-17(14-20(19)29-2)24-22(26)15-30-21-11-7-6-10-18(21)23(27)25-16-8-4-3-5-9-16/h3-14H,15H2,1-2H3,(H,24,26)(H,25,27). The number of carbonyl (C=O) groups excluding carboxylic acids is 2. The lowest BCUT2D eigenvalue weighted by Gasteiger charge is -2.12. The van der Waals surface area contributed by atoms with Crippen molar-refractivity contribution in [2.45, 2.75) is 4.90 Å². The van der Waals surface area contributed by atoms with E-state index in [9.17, 15) is 9.59 Å². The van der Waals surface area contributed by atoms with E-state index in [1.54, 1.807) is 37.4 Å². The highest BCUT2D eigenvalue weighted by Gasteiger charge is 2.14. The van der Waals surface area contributed by atoms with E-state index in [1.165, 1.54) is 18.9 Å². The summed E-state index contributed by atoms with van der Waals surface area (Å²) < 4.78 is 10.5. The van der Waals surface area contributed by atoms with Crippen LogP contribution in [-0.2, 0) is 4.79 Å². The molecule has 0 saturated carbocycles. The number of hydrogen-bond acceptors (Lipinski definition) is 5. The highest BCUT2D eigenvalue weighted by Crippen LogP contribution is 2.30. The average molecular weight is 423 g/mol. The Morgan fingerprint density at radius 2 is 1.50 bits per heavy atom. The smallest absolute Gasteiger partial charge is 0.256 e. The van der Waals surface area contributed by atoms with Gasteiger partial charge < -0.3 is 20.1 Å². The van der Waals surface area contributed by atoms with Crippen LogP contribution in [0.4, 0.5) is 11.4 Å². The lowest BCUT2D eigenvalue weighted by molar-refractivity contribution is -0.113. The third kappa shape index (κ3) is 5.55. The summed E-state index contributed by atoms with van der Waals surface area (Å²) in [5, 5.41) is 5.70. The topological polar surface area (TPSA) is 76.7 Å². The zero-order valence-electron chi connectivity index (χ0n) is 16.7. The first kappa shape index (κ1) is 21.3. The summed E-state index contributed by atoms with van der Waals surface area (Å²) in [6.07, 6.45) is 0. The molecule has 0 radical (unpaired) electrons. The minimum absolute atomic E-state index is 0.157. The van der Waals surface area contributed by atoms with Crippen molar-refractivity contribution in [3.63, 3.8) is 0 Å². The number of amides is 2. The van der Waals surface area contributed by atoms with Crippen molar-refractivity contribution in [2.24, 2.45) is 0 Å². The van der Waals surface area contributed by atoms with E-state index in [2.05, 4.69) is 10.6 Å². The maximum absolute atomic E-state index is 12.7. The Morgan fingerprint density at radius 1 is 0.800 bits per heavy atom. The van der Waals surface area contributed by atoms with Crippen LogP contribution in [-0.4, -0.2) is 31.8 Å². The maximum Gasteiger partial charge on any atom is 0.256 e. The molecular formula is C23H22N2O4S. The Kier molecular flexibility index (Phi) is 7.34. The number of anilines is 2. The van der Waals surface area contributed by atoms with Gasteiger partial charge in [0.2, 0.25) is 5.91 Å². The fourth-order valence-electron chi connectivity index (χ4n) is 2.75. The number of ether oxygens (including phenoxy) is 2. The van der Waals surface area contributed by atoms with Gasteiger partial charge >= 0.3 is 0 Å². The van der Waals surface area contributed by atoms with Crippen molar-refractivity contribution in [3.05, 3.63) is 78.4 Å². The number of carbonyl (C=O) groups is 2. The third-order valence-corrected chi connectivity index (χ3v) is 5.26. The fraction of sp³-hybridized carbons (Fsp3) is 0.130. The second kappa shape index (κ2) is 10.4. The molecule has 0 aliphatic rings. The normalized spacial score (nSPS) is 10.2. The van der Waals surface area contributed by atoms with Crippen molar-refractivity contribution in [3.8, 4) is 11.5 Å². The largest absolute Gasteiger partial charge is 0.493 e. The Balaban J connectivity index is 1.63. The van der Waals surface area contributed by atoms with Gasteiger partial charge in [-0.25, -0.2) is 0 Å². The Labute approximate surface area is 179 Å². The molecule has 0 unspecified atom stereocenters. The van der Waals surface area contributed by atoms with Gasteiger partial charge in [0.25, 0.3) is 5.91 Å². The van der Waals surface area contributed by atoms with Gasteiger partial charge in [-0.3, -0.25) is 9.59 Å². The summed E-state index contributed by atoms with van der Waals surface area (Å²) in [7, 11) is 3.09. The summed E-state index contributed by atoms with van der Waals surface area (Å²) in [6, 6.07) is 21.6. The molecule has 0 spiro atoms. The van der Waals surface area contributed by atoms with Gasteiger partial charge in [-0.15, -0.1) is 11.8 Å². The predicted molar refractivity (Wildman–Crippen MR) is 120 cm³/mol. The highest BCUT2D eigenvalue weighted by molar-refractivity contribution is 8.00. The van der Waals surface area contributed by atoms with Crippen molar-refractivity contribution in [2.75, 3.05) is 30.6 Å². The first-order valence-corrected chi connectivity index (χ1v) is 10.2. The zero-order chi connectivity index (χ0) is 21.3. The molecule has 0 bridgehead atoms. The molecule has 30 heavy (non-hydrogen) atoms. The number of methoxy groups -OCH3 is 2. The first-order valence-electron chi connectivity index (χ1n) is 9.21. The van der Waals surface area contributed by atoms with Crippen LogP contribution in [0.3, 0.4) is 0 Å². The SMILES string of the molecule is COc1ccc(NC(=O)CSc2ccccc2C(=O)Nc2ccccc2)cc1OC. The molecule has 3 aromatic rings. The van der Waals surface area contributed by atoms with E-state index < -0.39 is 0 Å². The number of thioether (sulfide) groups is 1. The van der Waals surface area contributed by atoms with Crippen molar-refractivity contribution < 1.29 is 19.1 Å². The van der Waals surface area contributed by atoms with E-state index in [0.717, 1.165) is 4.90 Å². The molecule has 154 valence electrons. The molecule has 3 rings (SSSR count). The van der Waals surface area contributed by atoms with Crippen molar-refractivity contribution >= 4 is 35.0 Å². The molecule has 0 aliphatic carbocycles. The molecule has 0 heterocycles. The van der Waals surface area contributed by atoms with Crippen LogP contribution >= 0.6 is 11.8 Å². The van der Waals surface area contributed by atoms with Crippen LogP contribution in [0, 0.1) is 0 Å². The molecular weight excluding hydrogens is 400 g/mol.